The Morgan fingerprint density at radius 2 is 1.85 bits per heavy atom. The molecular formula is C23H30N8O2. The van der Waals surface area contributed by atoms with Crippen LogP contribution in [0.1, 0.15) is 39.5 Å². The monoisotopic (exact) mass is 450 g/mol. The maximum Gasteiger partial charge on any atom is 0.231 e. The predicted octanol–water partition coefficient (Wildman–Crippen LogP) is 2.96. The second kappa shape index (κ2) is 9.85. The Kier molecular flexibility index (Phi) is 6.71. The molecule has 10 heteroatoms. The van der Waals surface area contributed by atoms with Crippen LogP contribution >= 0.6 is 0 Å². The number of H-pyrrole nitrogens is 1. The minimum atomic E-state index is 0.0608. The minimum absolute atomic E-state index is 0.0608. The van der Waals surface area contributed by atoms with Gasteiger partial charge < -0.3 is 25.4 Å². The molecule has 0 bridgehead atoms. The molecule has 0 radical (unpaired) electrons. The van der Waals surface area contributed by atoms with Crippen molar-refractivity contribution >= 4 is 46.1 Å². The van der Waals surface area contributed by atoms with Gasteiger partial charge in [0, 0.05) is 50.4 Å². The van der Waals surface area contributed by atoms with E-state index in [0.29, 0.717) is 24.4 Å². The van der Waals surface area contributed by atoms with Gasteiger partial charge in [0.15, 0.2) is 11.5 Å². The molecule has 10 nitrogen and oxygen atoms in total. The summed E-state index contributed by atoms with van der Waals surface area (Å²) in [5.41, 5.74) is 3.04. The van der Waals surface area contributed by atoms with Gasteiger partial charge in [0.1, 0.15) is 5.52 Å². The van der Waals surface area contributed by atoms with E-state index in [-0.39, 0.29) is 17.9 Å². The third-order valence-corrected chi connectivity index (χ3v) is 5.93. The number of carbonyl (C=O) groups is 2. The number of rotatable bonds is 7. The summed E-state index contributed by atoms with van der Waals surface area (Å²) in [5.74, 6) is 1.40. The third kappa shape index (κ3) is 5.05. The first-order valence-electron chi connectivity index (χ1n) is 11.4. The van der Waals surface area contributed by atoms with E-state index in [2.05, 4.69) is 30.5 Å². The van der Waals surface area contributed by atoms with Crippen molar-refractivity contribution in [3.8, 4) is 0 Å². The van der Waals surface area contributed by atoms with E-state index in [1.807, 2.05) is 38.1 Å². The van der Waals surface area contributed by atoms with Gasteiger partial charge in [0.2, 0.25) is 17.8 Å². The molecule has 174 valence electrons. The fraction of sp³-hybridized carbons (Fsp3) is 0.435. The van der Waals surface area contributed by atoms with Crippen LogP contribution in [-0.2, 0) is 9.59 Å². The summed E-state index contributed by atoms with van der Waals surface area (Å²) in [6.07, 6.45) is 4.30. The van der Waals surface area contributed by atoms with E-state index in [4.69, 9.17) is 4.98 Å². The number of hydrogen-bond donors (Lipinski definition) is 3. The summed E-state index contributed by atoms with van der Waals surface area (Å²) in [7, 11) is 1.77. The Bertz CT molecular complexity index is 1120. The lowest BCUT2D eigenvalue weighted by Crippen LogP contribution is -2.44. The van der Waals surface area contributed by atoms with Crippen molar-refractivity contribution in [2.45, 2.75) is 45.6 Å². The number of aromatic nitrogens is 4. The number of hydrogen-bond acceptors (Lipinski definition) is 7. The second-order valence-corrected chi connectivity index (χ2v) is 8.13. The van der Waals surface area contributed by atoms with E-state index in [0.717, 1.165) is 48.6 Å². The lowest BCUT2D eigenvalue weighted by molar-refractivity contribution is -0.121. The number of aromatic amines is 1. The highest BCUT2D eigenvalue weighted by Crippen LogP contribution is 2.27. The summed E-state index contributed by atoms with van der Waals surface area (Å²) in [6, 6.07) is 7.77. The lowest BCUT2D eigenvalue weighted by atomic mass is 10.0. The van der Waals surface area contributed by atoms with Gasteiger partial charge in [-0.25, -0.2) is 4.98 Å². The number of anilines is 4. The maximum absolute atomic E-state index is 11.9. The third-order valence-electron chi connectivity index (χ3n) is 5.93. The molecule has 1 aliphatic heterocycles. The van der Waals surface area contributed by atoms with Crippen LogP contribution in [-0.4, -0.2) is 57.9 Å². The van der Waals surface area contributed by atoms with Crippen LogP contribution in [0.2, 0.25) is 0 Å². The summed E-state index contributed by atoms with van der Waals surface area (Å²) in [5, 5.41) is 6.34. The van der Waals surface area contributed by atoms with Crippen LogP contribution in [0.3, 0.4) is 0 Å². The van der Waals surface area contributed by atoms with Crippen molar-refractivity contribution < 1.29 is 9.59 Å². The minimum Gasteiger partial charge on any atom is -0.355 e. The van der Waals surface area contributed by atoms with Gasteiger partial charge in [0.05, 0.1) is 6.33 Å². The second-order valence-electron chi connectivity index (χ2n) is 8.13. The number of nitrogens with one attached hydrogen (secondary N) is 3. The Morgan fingerprint density at radius 3 is 2.52 bits per heavy atom. The van der Waals surface area contributed by atoms with Gasteiger partial charge in [-0.1, -0.05) is 13.8 Å². The summed E-state index contributed by atoms with van der Waals surface area (Å²) in [4.78, 5) is 44.3. The summed E-state index contributed by atoms with van der Waals surface area (Å²) < 4.78 is 0. The molecule has 2 aromatic heterocycles. The number of piperidine rings is 1. The van der Waals surface area contributed by atoms with Crippen molar-refractivity contribution in [1.29, 1.82) is 0 Å². The fourth-order valence-corrected chi connectivity index (χ4v) is 3.95. The Labute approximate surface area is 192 Å². The molecule has 3 N–H and O–H groups in total. The molecule has 3 aromatic rings. The highest BCUT2D eigenvalue weighted by Gasteiger charge is 2.24. The van der Waals surface area contributed by atoms with Crippen molar-refractivity contribution in [3.05, 3.63) is 30.6 Å². The number of carbonyl (C=O) groups excluding carboxylic acids is 2. The van der Waals surface area contributed by atoms with Crippen molar-refractivity contribution in [2.24, 2.45) is 0 Å². The molecule has 1 saturated heterocycles. The van der Waals surface area contributed by atoms with E-state index < -0.39 is 0 Å². The van der Waals surface area contributed by atoms with Crippen LogP contribution in [0.4, 0.5) is 23.1 Å². The molecular weight excluding hydrogens is 420 g/mol. The average Bonchev–Trinajstić information content (AvgIpc) is 3.32. The molecule has 1 fully saturated rings. The SMILES string of the molecule is CCC(=O)NC1CCN(c2nc(Nc3ccc(N(C)C(=O)CC)cc3)nc3nc[nH]c23)CC1. The molecule has 0 spiro atoms. The Hall–Kier alpha value is -3.69. The van der Waals surface area contributed by atoms with Crippen molar-refractivity contribution in [1.82, 2.24) is 25.3 Å². The largest absolute Gasteiger partial charge is 0.355 e. The van der Waals surface area contributed by atoms with E-state index >= 15 is 0 Å². The quantitative estimate of drug-likeness (QED) is 0.506. The lowest BCUT2D eigenvalue weighted by Gasteiger charge is -2.33. The Balaban J connectivity index is 1.50. The molecule has 4 rings (SSSR count). The van der Waals surface area contributed by atoms with Gasteiger partial charge in [-0.15, -0.1) is 0 Å². The molecule has 1 aliphatic rings. The molecule has 0 unspecified atom stereocenters. The van der Waals surface area contributed by atoms with Gasteiger partial charge >= 0.3 is 0 Å². The summed E-state index contributed by atoms with van der Waals surface area (Å²) in [6.45, 7) is 5.28. The number of amides is 2. The highest BCUT2D eigenvalue weighted by atomic mass is 16.2. The first-order valence-corrected chi connectivity index (χ1v) is 11.4. The molecule has 2 amide bonds. The fourth-order valence-electron chi connectivity index (χ4n) is 3.95. The van der Waals surface area contributed by atoms with E-state index in [9.17, 15) is 9.59 Å². The van der Waals surface area contributed by atoms with E-state index in [1.165, 1.54) is 0 Å². The first-order chi connectivity index (χ1) is 16.0. The first kappa shape index (κ1) is 22.5. The van der Waals surface area contributed by atoms with Crippen LogP contribution in [0, 0.1) is 0 Å². The Morgan fingerprint density at radius 1 is 1.12 bits per heavy atom. The zero-order chi connectivity index (χ0) is 23.4. The zero-order valence-electron chi connectivity index (χ0n) is 19.3. The topological polar surface area (TPSA) is 119 Å². The average molecular weight is 451 g/mol. The number of benzene rings is 1. The van der Waals surface area contributed by atoms with E-state index in [1.54, 1.807) is 18.3 Å². The molecule has 3 heterocycles. The molecule has 0 aliphatic carbocycles. The maximum atomic E-state index is 11.9. The smallest absolute Gasteiger partial charge is 0.231 e. The summed E-state index contributed by atoms with van der Waals surface area (Å²) >= 11 is 0. The van der Waals surface area contributed by atoms with Crippen LogP contribution in [0.15, 0.2) is 30.6 Å². The van der Waals surface area contributed by atoms with Gasteiger partial charge in [0.25, 0.3) is 0 Å². The van der Waals surface area contributed by atoms with Gasteiger partial charge in [-0.05, 0) is 37.1 Å². The molecule has 0 atom stereocenters. The number of imidazole rings is 1. The zero-order valence-corrected chi connectivity index (χ0v) is 19.3. The molecule has 0 saturated carbocycles. The van der Waals surface area contributed by atoms with Crippen LogP contribution in [0.5, 0.6) is 0 Å². The van der Waals surface area contributed by atoms with Crippen LogP contribution in [0.25, 0.3) is 11.2 Å². The van der Waals surface area contributed by atoms with Gasteiger partial charge in [-0.3, -0.25) is 9.59 Å². The van der Waals surface area contributed by atoms with Crippen LogP contribution < -0.4 is 20.4 Å². The number of nitrogens with zero attached hydrogens (tertiary/aromatic N) is 5. The predicted molar refractivity (Wildman–Crippen MR) is 129 cm³/mol. The van der Waals surface area contributed by atoms with Gasteiger partial charge in [-0.2, -0.15) is 9.97 Å². The molecule has 33 heavy (non-hydrogen) atoms. The standard InChI is InChI=1S/C23H30N8O2/c1-4-18(32)26-16-10-12-31(13-11-16)22-20-21(25-14-24-20)28-23(29-22)27-15-6-8-17(9-7-15)30(3)19(33)5-2/h6-9,14,16H,4-5,10-13H2,1-3H3,(H,26,32)(H2,24,25,27,28,29). The van der Waals surface area contributed by atoms with Crippen molar-refractivity contribution in [3.63, 3.8) is 0 Å². The molecule has 1 aromatic carbocycles. The van der Waals surface area contributed by atoms with Crippen molar-refractivity contribution in [2.75, 3.05) is 35.3 Å². The normalized spacial score (nSPS) is 14.3. The number of fused-ring (bicyclic) bond motifs is 1. The highest BCUT2D eigenvalue weighted by molar-refractivity contribution is 5.92.